The lowest BCUT2D eigenvalue weighted by molar-refractivity contribution is 0.0600. The molecule has 246 valence electrons. The van der Waals surface area contributed by atoms with Crippen molar-refractivity contribution in [2.45, 2.75) is 116 Å². The average Bonchev–Trinajstić information content (AvgIpc) is 3.05. The van der Waals surface area contributed by atoms with Gasteiger partial charge in [0, 0.05) is 16.7 Å². The smallest absolute Gasteiger partial charge is 0.337 e. The number of unbranched alkanes of at least 4 members (excludes halogenated alkanes) is 16. The highest BCUT2D eigenvalue weighted by Crippen LogP contribution is 2.26. The van der Waals surface area contributed by atoms with Crippen LogP contribution < -0.4 is 9.47 Å². The summed E-state index contributed by atoms with van der Waals surface area (Å²) in [6.45, 7) is 1.45. The lowest BCUT2D eigenvalue weighted by Crippen LogP contribution is -2.01. The van der Waals surface area contributed by atoms with E-state index < -0.39 is 0 Å². The van der Waals surface area contributed by atoms with E-state index in [2.05, 4.69) is 50.1 Å². The number of halogens is 2. The standard InChI is InChI=1S/C38H56Br2O4/c1-42-38(41)35-24-22-33(23-25-35)20-21-34-30-36(43-28-18-14-10-6-2-4-8-12-16-26-39)32-37(31-34)44-29-19-15-11-7-3-5-9-13-17-27-40/h20-25,30-32H,2-19,26-29H2,1H3/b21-20+. The van der Waals surface area contributed by atoms with E-state index in [9.17, 15) is 4.79 Å². The Morgan fingerprint density at radius 3 is 1.34 bits per heavy atom. The number of alkyl halides is 2. The third-order valence-corrected chi connectivity index (χ3v) is 8.92. The zero-order chi connectivity index (χ0) is 31.5. The number of carbonyl (C=O) groups excluding carboxylic acids is 1. The third-order valence-electron chi connectivity index (χ3n) is 7.80. The molecule has 0 aliphatic heterocycles. The maximum Gasteiger partial charge on any atom is 0.337 e. The molecule has 0 fully saturated rings. The number of hydrogen-bond acceptors (Lipinski definition) is 4. The van der Waals surface area contributed by atoms with Crippen molar-refractivity contribution in [1.82, 2.24) is 0 Å². The fourth-order valence-electron chi connectivity index (χ4n) is 5.15. The summed E-state index contributed by atoms with van der Waals surface area (Å²) in [6.07, 6.45) is 27.3. The van der Waals surface area contributed by atoms with Gasteiger partial charge in [0.1, 0.15) is 11.5 Å². The Balaban J connectivity index is 1.82. The topological polar surface area (TPSA) is 44.8 Å². The van der Waals surface area contributed by atoms with Crippen LogP contribution in [0.2, 0.25) is 0 Å². The lowest BCUT2D eigenvalue weighted by Gasteiger charge is -2.12. The van der Waals surface area contributed by atoms with Crippen LogP contribution in [-0.4, -0.2) is 37.0 Å². The molecule has 0 unspecified atom stereocenters. The van der Waals surface area contributed by atoms with E-state index in [1.54, 1.807) is 12.1 Å². The molecule has 0 amide bonds. The summed E-state index contributed by atoms with van der Waals surface area (Å²) < 4.78 is 17.2. The molecule has 0 aliphatic rings. The second kappa shape index (κ2) is 26.4. The van der Waals surface area contributed by atoms with Crippen molar-refractivity contribution in [1.29, 1.82) is 0 Å². The van der Waals surface area contributed by atoms with E-state index in [1.807, 2.05) is 24.3 Å². The van der Waals surface area contributed by atoms with Crippen molar-refractivity contribution in [2.75, 3.05) is 31.0 Å². The van der Waals surface area contributed by atoms with Gasteiger partial charge in [0.2, 0.25) is 0 Å². The van der Waals surface area contributed by atoms with Gasteiger partial charge in [-0.15, -0.1) is 0 Å². The lowest BCUT2D eigenvalue weighted by atomic mass is 10.1. The normalized spacial score (nSPS) is 11.2. The first kappa shape index (κ1) is 38.4. The van der Waals surface area contributed by atoms with Crippen molar-refractivity contribution in [3.63, 3.8) is 0 Å². The van der Waals surface area contributed by atoms with Gasteiger partial charge >= 0.3 is 5.97 Å². The first-order valence-corrected chi connectivity index (χ1v) is 19.3. The average molecular weight is 737 g/mol. The quantitative estimate of drug-likeness (QED) is 0.0396. The molecule has 0 spiro atoms. The summed E-state index contributed by atoms with van der Waals surface area (Å²) in [5, 5.41) is 2.26. The minimum absolute atomic E-state index is 0.325. The fourth-order valence-corrected chi connectivity index (χ4v) is 5.94. The molecule has 2 aromatic carbocycles. The number of methoxy groups -OCH3 is 1. The zero-order valence-corrected chi connectivity index (χ0v) is 30.3. The van der Waals surface area contributed by atoms with Gasteiger partial charge < -0.3 is 14.2 Å². The van der Waals surface area contributed by atoms with Crippen molar-refractivity contribution >= 4 is 50.0 Å². The van der Waals surface area contributed by atoms with Crippen LogP contribution in [0.15, 0.2) is 42.5 Å². The molecule has 0 aliphatic carbocycles. The van der Waals surface area contributed by atoms with Crippen LogP contribution >= 0.6 is 31.9 Å². The molecule has 6 heteroatoms. The zero-order valence-electron chi connectivity index (χ0n) is 27.1. The third kappa shape index (κ3) is 18.9. The molecular weight excluding hydrogens is 680 g/mol. The summed E-state index contributed by atoms with van der Waals surface area (Å²) in [5.74, 6) is 1.39. The summed E-state index contributed by atoms with van der Waals surface area (Å²) in [4.78, 5) is 11.7. The predicted octanol–water partition coefficient (Wildman–Crippen LogP) is 12.2. The molecule has 0 heterocycles. The SMILES string of the molecule is COC(=O)c1ccc(/C=C/c2cc(OCCCCCCCCCCCBr)cc(OCCCCCCCCCCCBr)c2)cc1. The Labute approximate surface area is 285 Å². The van der Waals surface area contributed by atoms with Crippen LogP contribution in [0.5, 0.6) is 11.5 Å². The minimum atomic E-state index is -0.325. The Morgan fingerprint density at radius 1 is 0.545 bits per heavy atom. The Bertz CT molecular complexity index is 978. The number of hydrogen-bond donors (Lipinski definition) is 0. The number of benzene rings is 2. The molecule has 0 N–H and O–H groups in total. The molecule has 0 aromatic heterocycles. The van der Waals surface area contributed by atoms with E-state index in [4.69, 9.17) is 14.2 Å². The summed E-state index contributed by atoms with van der Waals surface area (Å²) >= 11 is 7.02. The van der Waals surface area contributed by atoms with Gasteiger partial charge in [-0.2, -0.15) is 0 Å². The molecule has 2 aromatic rings. The van der Waals surface area contributed by atoms with Crippen molar-refractivity contribution in [3.05, 3.63) is 59.2 Å². The van der Waals surface area contributed by atoms with Crippen LogP contribution in [-0.2, 0) is 4.74 Å². The molecule has 0 saturated carbocycles. The van der Waals surface area contributed by atoms with Gasteiger partial charge in [-0.3, -0.25) is 0 Å². The van der Waals surface area contributed by atoms with E-state index in [0.29, 0.717) is 5.56 Å². The van der Waals surface area contributed by atoms with Gasteiger partial charge in [0.05, 0.1) is 25.9 Å². The molecule has 0 radical (unpaired) electrons. The van der Waals surface area contributed by atoms with E-state index >= 15 is 0 Å². The highest BCUT2D eigenvalue weighted by molar-refractivity contribution is 9.09. The second-order valence-electron chi connectivity index (χ2n) is 11.6. The number of esters is 1. The van der Waals surface area contributed by atoms with Gasteiger partial charge in [-0.25, -0.2) is 4.79 Å². The van der Waals surface area contributed by atoms with Gasteiger partial charge in [-0.1, -0.05) is 146 Å². The van der Waals surface area contributed by atoms with E-state index in [1.165, 1.54) is 110 Å². The summed E-state index contributed by atoms with van der Waals surface area (Å²) in [6, 6.07) is 13.6. The van der Waals surface area contributed by atoms with Crippen LogP contribution in [0.4, 0.5) is 0 Å². The largest absolute Gasteiger partial charge is 0.493 e. The highest BCUT2D eigenvalue weighted by atomic mass is 79.9. The minimum Gasteiger partial charge on any atom is -0.493 e. The van der Waals surface area contributed by atoms with E-state index in [0.717, 1.165) is 59.3 Å². The molecule has 0 atom stereocenters. The molecule has 2 rings (SSSR count). The van der Waals surface area contributed by atoms with Gasteiger partial charge in [0.15, 0.2) is 0 Å². The fraction of sp³-hybridized carbons (Fsp3) is 0.605. The molecule has 0 saturated heterocycles. The first-order chi connectivity index (χ1) is 21.7. The molecule has 0 bridgehead atoms. The van der Waals surface area contributed by atoms with Crippen molar-refractivity contribution in [3.8, 4) is 11.5 Å². The Morgan fingerprint density at radius 2 is 0.932 bits per heavy atom. The number of rotatable bonds is 27. The monoisotopic (exact) mass is 734 g/mol. The van der Waals surface area contributed by atoms with Crippen LogP contribution in [0, 0.1) is 0 Å². The van der Waals surface area contributed by atoms with Crippen LogP contribution in [0.3, 0.4) is 0 Å². The van der Waals surface area contributed by atoms with Gasteiger partial charge in [-0.05, 0) is 61.1 Å². The van der Waals surface area contributed by atoms with Crippen molar-refractivity contribution in [2.24, 2.45) is 0 Å². The summed E-state index contributed by atoms with van der Waals surface area (Å²) in [7, 11) is 1.40. The first-order valence-electron chi connectivity index (χ1n) is 17.1. The molecular formula is C38H56Br2O4. The van der Waals surface area contributed by atoms with E-state index in [-0.39, 0.29) is 5.97 Å². The second-order valence-corrected chi connectivity index (χ2v) is 13.2. The Hall–Kier alpha value is -1.79. The number of ether oxygens (including phenoxy) is 3. The predicted molar refractivity (Wildman–Crippen MR) is 195 cm³/mol. The van der Waals surface area contributed by atoms with Crippen LogP contribution in [0.1, 0.15) is 137 Å². The maximum absolute atomic E-state index is 11.7. The molecule has 4 nitrogen and oxygen atoms in total. The van der Waals surface area contributed by atoms with Crippen LogP contribution in [0.25, 0.3) is 12.2 Å². The van der Waals surface area contributed by atoms with Gasteiger partial charge in [0.25, 0.3) is 0 Å². The molecule has 44 heavy (non-hydrogen) atoms. The van der Waals surface area contributed by atoms with Crippen molar-refractivity contribution < 1.29 is 19.0 Å². The Kier molecular flexibility index (Phi) is 23.1. The maximum atomic E-state index is 11.7. The summed E-state index contributed by atoms with van der Waals surface area (Å²) in [5.41, 5.74) is 2.60. The highest BCUT2D eigenvalue weighted by Gasteiger charge is 2.05. The number of carbonyl (C=O) groups is 1.